The fourth-order valence-corrected chi connectivity index (χ4v) is 5.34. The molecule has 1 aliphatic carbocycles. The van der Waals surface area contributed by atoms with Crippen molar-refractivity contribution >= 4 is 5.91 Å². The number of carbonyl (C=O) groups is 1. The van der Waals surface area contributed by atoms with Crippen LogP contribution in [-0.4, -0.2) is 44.1 Å². The van der Waals surface area contributed by atoms with Crippen LogP contribution >= 0.6 is 0 Å². The van der Waals surface area contributed by atoms with Crippen LogP contribution in [0.25, 0.3) is 0 Å². The van der Waals surface area contributed by atoms with Crippen LogP contribution in [0.2, 0.25) is 0 Å². The highest BCUT2D eigenvalue weighted by Gasteiger charge is 2.48. The first-order chi connectivity index (χ1) is 12.2. The van der Waals surface area contributed by atoms with Gasteiger partial charge in [0.25, 0.3) is 0 Å². The van der Waals surface area contributed by atoms with Crippen molar-refractivity contribution in [3.63, 3.8) is 0 Å². The van der Waals surface area contributed by atoms with Gasteiger partial charge in [-0.25, -0.2) is 0 Å². The van der Waals surface area contributed by atoms with Crippen LogP contribution in [0.15, 0.2) is 24.3 Å². The quantitative estimate of drug-likeness (QED) is 0.918. The Bertz CT molecular complexity index is 613. The van der Waals surface area contributed by atoms with Crippen LogP contribution in [0.5, 0.6) is 5.75 Å². The van der Waals surface area contributed by atoms with Gasteiger partial charge in [0.05, 0.1) is 12.5 Å². The number of benzene rings is 1. The summed E-state index contributed by atoms with van der Waals surface area (Å²) in [5.41, 5.74) is 1.20. The molecule has 1 N–H and O–H groups in total. The van der Waals surface area contributed by atoms with Gasteiger partial charge in [-0.3, -0.25) is 4.79 Å². The minimum atomic E-state index is -0.309. The zero-order valence-corrected chi connectivity index (χ0v) is 15.4. The first kappa shape index (κ1) is 16.9. The first-order valence-corrected chi connectivity index (χ1v) is 9.82. The standard InChI is InChI=1S/C21H30N2O2/c1-25-18-7-5-17(6-8-18)21(10-2-3-11-21)19(24)23-14-4-9-20(16-23)12-13-22-15-20/h5-8,22H,2-4,9-16H2,1H3. The maximum absolute atomic E-state index is 13.7. The van der Waals surface area contributed by atoms with Crippen LogP contribution in [0.4, 0.5) is 0 Å². The summed E-state index contributed by atoms with van der Waals surface area (Å²) < 4.78 is 5.30. The molecule has 136 valence electrons. The molecule has 0 bridgehead atoms. The summed E-state index contributed by atoms with van der Waals surface area (Å²) in [5.74, 6) is 1.24. The lowest BCUT2D eigenvalue weighted by Crippen LogP contribution is -2.53. The number of nitrogens with one attached hydrogen (secondary N) is 1. The maximum atomic E-state index is 13.7. The number of carbonyl (C=O) groups excluding carboxylic acids is 1. The van der Waals surface area contributed by atoms with Crippen molar-refractivity contribution < 1.29 is 9.53 Å². The van der Waals surface area contributed by atoms with Gasteiger partial charge < -0.3 is 15.0 Å². The van der Waals surface area contributed by atoms with Gasteiger partial charge in [0.1, 0.15) is 5.75 Å². The summed E-state index contributed by atoms with van der Waals surface area (Å²) in [6, 6.07) is 8.22. The lowest BCUT2D eigenvalue weighted by atomic mass is 9.74. The Hall–Kier alpha value is -1.55. The van der Waals surface area contributed by atoms with Crippen LogP contribution in [0.1, 0.15) is 50.5 Å². The summed E-state index contributed by atoms with van der Waals surface area (Å²) in [7, 11) is 1.69. The van der Waals surface area contributed by atoms with Crippen molar-refractivity contribution in [2.24, 2.45) is 5.41 Å². The minimum Gasteiger partial charge on any atom is -0.497 e. The lowest BCUT2D eigenvalue weighted by Gasteiger charge is -2.43. The van der Waals surface area contributed by atoms with E-state index in [9.17, 15) is 4.79 Å². The fraction of sp³-hybridized carbons (Fsp3) is 0.667. The molecule has 1 atom stereocenters. The molecule has 1 aromatic carbocycles. The van der Waals surface area contributed by atoms with E-state index < -0.39 is 0 Å². The zero-order valence-electron chi connectivity index (χ0n) is 15.4. The molecule has 3 aliphatic rings. The van der Waals surface area contributed by atoms with Crippen molar-refractivity contribution in [3.8, 4) is 5.75 Å². The van der Waals surface area contributed by atoms with Gasteiger partial charge in [-0.2, -0.15) is 0 Å². The summed E-state index contributed by atoms with van der Waals surface area (Å²) in [6.45, 7) is 4.05. The van der Waals surface area contributed by atoms with Crippen molar-refractivity contribution in [3.05, 3.63) is 29.8 Å². The molecular formula is C21H30N2O2. The average Bonchev–Trinajstić information content (AvgIpc) is 3.32. The van der Waals surface area contributed by atoms with Crippen molar-refractivity contribution in [2.45, 2.75) is 50.4 Å². The van der Waals surface area contributed by atoms with E-state index in [0.29, 0.717) is 11.3 Å². The molecule has 2 heterocycles. The Kier molecular flexibility index (Phi) is 4.48. The van der Waals surface area contributed by atoms with Gasteiger partial charge in [0.2, 0.25) is 5.91 Å². The van der Waals surface area contributed by atoms with Crippen molar-refractivity contribution in [1.29, 1.82) is 0 Å². The normalized spacial score (nSPS) is 28.4. The summed E-state index contributed by atoms with van der Waals surface area (Å²) in [5, 5.41) is 3.51. The number of likely N-dealkylation sites (tertiary alicyclic amines) is 1. The fourth-order valence-electron chi connectivity index (χ4n) is 5.34. The lowest BCUT2D eigenvalue weighted by molar-refractivity contribution is -0.140. The molecule has 1 unspecified atom stereocenters. The number of ether oxygens (including phenoxy) is 1. The molecule has 1 aromatic rings. The minimum absolute atomic E-state index is 0.309. The van der Waals surface area contributed by atoms with Crippen LogP contribution in [0, 0.1) is 5.41 Å². The molecular weight excluding hydrogens is 312 g/mol. The van der Waals surface area contributed by atoms with Gasteiger partial charge in [0.15, 0.2) is 0 Å². The molecule has 1 saturated carbocycles. The molecule has 3 fully saturated rings. The third kappa shape index (κ3) is 2.95. The van der Waals surface area contributed by atoms with Gasteiger partial charge in [-0.15, -0.1) is 0 Å². The molecule has 0 radical (unpaired) electrons. The van der Waals surface area contributed by atoms with E-state index in [-0.39, 0.29) is 5.41 Å². The van der Waals surface area contributed by atoms with Crippen LogP contribution in [-0.2, 0) is 10.2 Å². The third-order valence-electron chi connectivity index (χ3n) is 6.79. The van der Waals surface area contributed by atoms with Gasteiger partial charge in [-0.05, 0) is 56.3 Å². The van der Waals surface area contributed by atoms with Crippen molar-refractivity contribution in [1.82, 2.24) is 10.2 Å². The van der Waals surface area contributed by atoms with Gasteiger partial charge in [0, 0.05) is 25.0 Å². The zero-order chi connectivity index (χ0) is 17.3. The predicted molar refractivity (Wildman–Crippen MR) is 98.9 cm³/mol. The van der Waals surface area contributed by atoms with Crippen molar-refractivity contribution in [2.75, 3.05) is 33.3 Å². The second-order valence-corrected chi connectivity index (χ2v) is 8.27. The third-order valence-corrected chi connectivity index (χ3v) is 6.79. The highest BCUT2D eigenvalue weighted by atomic mass is 16.5. The summed E-state index contributed by atoms with van der Waals surface area (Å²) in [6.07, 6.45) is 7.90. The highest BCUT2D eigenvalue weighted by Crippen LogP contribution is 2.45. The molecule has 4 nitrogen and oxygen atoms in total. The Labute approximate surface area is 150 Å². The van der Waals surface area contributed by atoms with Gasteiger partial charge >= 0.3 is 0 Å². The molecule has 2 saturated heterocycles. The van der Waals surface area contributed by atoms with E-state index in [1.165, 1.54) is 18.4 Å². The Morgan fingerprint density at radius 1 is 1.08 bits per heavy atom. The Balaban J connectivity index is 1.60. The van der Waals surface area contributed by atoms with Crippen LogP contribution < -0.4 is 10.1 Å². The molecule has 1 spiro atoms. The second-order valence-electron chi connectivity index (χ2n) is 8.27. The number of hydrogen-bond acceptors (Lipinski definition) is 3. The molecule has 25 heavy (non-hydrogen) atoms. The Morgan fingerprint density at radius 3 is 2.48 bits per heavy atom. The van der Waals surface area contributed by atoms with Crippen LogP contribution in [0.3, 0.4) is 0 Å². The second kappa shape index (κ2) is 6.64. The smallest absolute Gasteiger partial charge is 0.233 e. The van der Waals surface area contributed by atoms with E-state index >= 15 is 0 Å². The average molecular weight is 342 g/mol. The summed E-state index contributed by atoms with van der Waals surface area (Å²) in [4.78, 5) is 15.9. The largest absolute Gasteiger partial charge is 0.497 e. The number of amides is 1. The Morgan fingerprint density at radius 2 is 1.84 bits per heavy atom. The molecule has 0 aromatic heterocycles. The number of nitrogens with zero attached hydrogens (tertiary/aromatic N) is 1. The van der Waals surface area contributed by atoms with E-state index in [1.807, 2.05) is 12.1 Å². The van der Waals surface area contributed by atoms with E-state index in [0.717, 1.165) is 64.0 Å². The monoisotopic (exact) mass is 342 g/mol. The maximum Gasteiger partial charge on any atom is 0.233 e. The number of hydrogen-bond donors (Lipinski definition) is 1. The van der Waals surface area contributed by atoms with E-state index in [1.54, 1.807) is 7.11 Å². The topological polar surface area (TPSA) is 41.6 Å². The summed E-state index contributed by atoms with van der Waals surface area (Å²) >= 11 is 0. The predicted octanol–water partition coefficient (Wildman–Crippen LogP) is 3.11. The molecule has 2 aliphatic heterocycles. The van der Waals surface area contributed by atoms with E-state index in [2.05, 4.69) is 22.3 Å². The van der Waals surface area contributed by atoms with Gasteiger partial charge in [-0.1, -0.05) is 25.0 Å². The number of piperidine rings is 1. The van der Waals surface area contributed by atoms with E-state index in [4.69, 9.17) is 4.74 Å². The first-order valence-electron chi connectivity index (χ1n) is 9.82. The molecule has 1 amide bonds. The molecule has 4 heteroatoms. The highest BCUT2D eigenvalue weighted by molar-refractivity contribution is 5.89. The number of methoxy groups -OCH3 is 1. The molecule has 4 rings (SSSR count). The SMILES string of the molecule is COc1ccc(C2(C(=O)N3CCCC4(CCNC4)C3)CCCC2)cc1. The number of rotatable bonds is 3.